The first kappa shape index (κ1) is 37.1. The molecule has 0 fully saturated rings. The smallest absolute Gasteiger partial charge is 0.272 e. The van der Waals surface area contributed by atoms with E-state index in [0.29, 0.717) is 45.2 Å². The molecule has 0 heterocycles. The Morgan fingerprint density at radius 1 is 0.685 bits per heavy atom. The molecule has 0 spiro atoms. The molecule has 1 unspecified atom stereocenters. The van der Waals surface area contributed by atoms with E-state index >= 15 is 0 Å². The zero-order chi connectivity index (χ0) is 38.4. The number of ether oxygens (including phenoxy) is 3. The second kappa shape index (κ2) is 16.3. The average molecular weight is 742 g/mol. The van der Waals surface area contributed by atoms with Gasteiger partial charge in [0.1, 0.15) is 5.70 Å². The van der Waals surface area contributed by atoms with E-state index in [9.17, 15) is 24.0 Å². The molecule has 0 saturated carbocycles. The van der Waals surface area contributed by atoms with Gasteiger partial charge in [-0.25, -0.2) is 0 Å². The summed E-state index contributed by atoms with van der Waals surface area (Å²) >= 11 is 1.27. The van der Waals surface area contributed by atoms with E-state index in [-0.39, 0.29) is 40.0 Å². The minimum atomic E-state index is -0.594. The molecule has 54 heavy (non-hydrogen) atoms. The van der Waals surface area contributed by atoms with Crippen molar-refractivity contribution in [1.29, 1.82) is 0 Å². The van der Waals surface area contributed by atoms with E-state index in [1.54, 1.807) is 116 Å². The third kappa shape index (κ3) is 7.88. The molecule has 5 aromatic carbocycles. The van der Waals surface area contributed by atoms with Gasteiger partial charge in [-0.1, -0.05) is 54.6 Å². The highest BCUT2D eigenvalue weighted by atomic mass is 32.2. The highest BCUT2D eigenvalue weighted by Crippen LogP contribution is 2.39. The predicted molar refractivity (Wildman–Crippen MR) is 207 cm³/mol. The van der Waals surface area contributed by atoms with E-state index in [1.165, 1.54) is 39.2 Å². The van der Waals surface area contributed by atoms with Crippen LogP contribution in [0, 0.1) is 0 Å². The fraction of sp³-hybridized carbons (Fsp3) is 0.119. The van der Waals surface area contributed by atoms with Crippen LogP contribution in [0.3, 0.4) is 0 Å². The van der Waals surface area contributed by atoms with Gasteiger partial charge in [0.25, 0.3) is 11.8 Å². The van der Waals surface area contributed by atoms with Crippen molar-refractivity contribution in [3.05, 3.63) is 148 Å². The molecule has 0 bridgehead atoms. The number of rotatable bonds is 12. The van der Waals surface area contributed by atoms with Gasteiger partial charge in [-0.05, 0) is 73.2 Å². The summed E-state index contributed by atoms with van der Waals surface area (Å²) in [5.41, 5.74) is 2.57. The molecule has 0 aromatic heterocycles. The number of hydrogen-bond donors (Lipinski definition) is 3. The molecule has 3 amide bonds. The van der Waals surface area contributed by atoms with E-state index in [4.69, 9.17) is 14.2 Å². The topological polar surface area (TPSA) is 149 Å². The Balaban J connectivity index is 1.16. The Labute approximate surface area is 315 Å². The first-order chi connectivity index (χ1) is 26.1. The average Bonchev–Trinajstić information content (AvgIpc) is 3.20. The molecular formula is C42H35N3O8S. The molecule has 6 rings (SSSR count). The largest absolute Gasteiger partial charge is 0.493 e. The summed E-state index contributed by atoms with van der Waals surface area (Å²) in [6.45, 7) is 1.73. The van der Waals surface area contributed by atoms with Crippen molar-refractivity contribution in [2.75, 3.05) is 32.0 Å². The van der Waals surface area contributed by atoms with Gasteiger partial charge in [-0.2, -0.15) is 0 Å². The summed E-state index contributed by atoms with van der Waals surface area (Å²) in [5, 5.41) is 7.78. The third-order valence-corrected chi connectivity index (χ3v) is 9.64. The maximum Gasteiger partial charge on any atom is 0.272 e. The highest BCUT2D eigenvalue weighted by molar-refractivity contribution is 8.00. The predicted octanol–water partition coefficient (Wildman–Crippen LogP) is 7.02. The number of hydrogen-bond acceptors (Lipinski definition) is 9. The van der Waals surface area contributed by atoms with E-state index in [0.717, 1.165) is 4.90 Å². The van der Waals surface area contributed by atoms with Gasteiger partial charge >= 0.3 is 0 Å². The number of fused-ring (bicyclic) bond motifs is 2. The molecule has 272 valence electrons. The second-order valence-electron chi connectivity index (χ2n) is 12.0. The van der Waals surface area contributed by atoms with Crippen LogP contribution in [0.25, 0.3) is 6.08 Å². The molecule has 1 aliphatic carbocycles. The maximum absolute atomic E-state index is 13.7. The number of thioether (sulfide) groups is 1. The lowest BCUT2D eigenvalue weighted by atomic mass is 9.83. The van der Waals surface area contributed by atoms with Crippen LogP contribution >= 0.6 is 11.8 Å². The number of anilines is 2. The zero-order valence-corrected chi connectivity index (χ0v) is 30.5. The second-order valence-corrected chi connectivity index (χ2v) is 13.4. The minimum Gasteiger partial charge on any atom is -0.493 e. The van der Waals surface area contributed by atoms with Crippen LogP contribution < -0.4 is 30.2 Å². The monoisotopic (exact) mass is 741 g/mol. The maximum atomic E-state index is 13.7. The normalized spacial score (nSPS) is 12.5. The van der Waals surface area contributed by atoms with Gasteiger partial charge in [0.2, 0.25) is 11.7 Å². The lowest BCUT2D eigenvalue weighted by Gasteiger charge is -2.21. The molecule has 1 aliphatic rings. The lowest BCUT2D eigenvalue weighted by Crippen LogP contribution is -2.30. The molecular weight excluding hydrogens is 707 g/mol. The van der Waals surface area contributed by atoms with Crippen LogP contribution in [-0.4, -0.2) is 55.9 Å². The zero-order valence-electron chi connectivity index (χ0n) is 29.7. The first-order valence-electron chi connectivity index (χ1n) is 16.7. The molecule has 0 radical (unpaired) electrons. The quantitative estimate of drug-likeness (QED) is 0.0889. The van der Waals surface area contributed by atoms with Crippen LogP contribution in [0.2, 0.25) is 0 Å². The molecule has 12 heteroatoms. The summed E-state index contributed by atoms with van der Waals surface area (Å²) in [5.74, 6) is -0.929. The summed E-state index contributed by atoms with van der Waals surface area (Å²) < 4.78 is 16.3. The molecule has 3 N–H and O–H groups in total. The molecule has 1 atom stereocenters. The van der Waals surface area contributed by atoms with Gasteiger partial charge in [-0.3, -0.25) is 24.0 Å². The fourth-order valence-corrected chi connectivity index (χ4v) is 6.72. The number of amides is 3. The number of methoxy groups -OCH3 is 3. The number of nitrogens with one attached hydrogen (secondary N) is 3. The van der Waals surface area contributed by atoms with E-state index < -0.39 is 17.1 Å². The third-order valence-electron chi connectivity index (χ3n) is 8.53. The van der Waals surface area contributed by atoms with Crippen LogP contribution in [0.1, 0.15) is 54.7 Å². The molecule has 0 aliphatic heterocycles. The Bertz CT molecular complexity index is 2280. The van der Waals surface area contributed by atoms with Crippen LogP contribution in [0.15, 0.2) is 120 Å². The van der Waals surface area contributed by atoms with Crippen molar-refractivity contribution < 1.29 is 38.2 Å². The SMILES string of the molecule is COc1cc(/C=C(\NC(=O)c2ccccc2)C(=O)Nc2ccc(SC(C)C(=O)Nc3cccc4c3C(=O)c3ccccc3C4=O)cc2)cc(OC)c1OC. The first-order valence-corrected chi connectivity index (χ1v) is 17.6. The molecule has 0 saturated heterocycles. The van der Waals surface area contributed by atoms with Crippen molar-refractivity contribution in [2.45, 2.75) is 17.1 Å². The minimum absolute atomic E-state index is 0.0476. The van der Waals surface area contributed by atoms with Crippen molar-refractivity contribution in [3.63, 3.8) is 0 Å². The van der Waals surface area contributed by atoms with Crippen molar-refractivity contribution in [1.82, 2.24) is 5.32 Å². The summed E-state index contributed by atoms with van der Waals surface area (Å²) in [7, 11) is 4.44. The van der Waals surface area contributed by atoms with Crippen molar-refractivity contribution in [3.8, 4) is 17.2 Å². The van der Waals surface area contributed by atoms with Gasteiger partial charge in [-0.15, -0.1) is 11.8 Å². The van der Waals surface area contributed by atoms with E-state index in [1.807, 2.05) is 0 Å². The Hall–Kier alpha value is -6.66. The lowest BCUT2D eigenvalue weighted by molar-refractivity contribution is -0.115. The molecule has 5 aromatic rings. The fourth-order valence-electron chi connectivity index (χ4n) is 5.85. The van der Waals surface area contributed by atoms with Crippen LogP contribution in [0.5, 0.6) is 17.2 Å². The highest BCUT2D eigenvalue weighted by Gasteiger charge is 2.32. The van der Waals surface area contributed by atoms with Gasteiger partial charge in [0.05, 0.1) is 37.8 Å². The van der Waals surface area contributed by atoms with Crippen molar-refractivity contribution in [2.24, 2.45) is 0 Å². The van der Waals surface area contributed by atoms with Crippen LogP contribution in [0.4, 0.5) is 11.4 Å². The van der Waals surface area contributed by atoms with Gasteiger partial charge in [0, 0.05) is 32.8 Å². The molecule has 11 nitrogen and oxygen atoms in total. The van der Waals surface area contributed by atoms with Gasteiger partial charge in [0.15, 0.2) is 23.1 Å². The number of carbonyl (C=O) groups is 5. The summed E-state index contributed by atoms with van der Waals surface area (Å²) in [6, 6.07) is 30.1. The Morgan fingerprint density at radius 2 is 1.30 bits per heavy atom. The number of carbonyl (C=O) groups excluding carboxylic acids is 5. The van der Waals surface area contributed by atoms with Gasteiger partial charge < -0.3 is 30.2 Å². The number of ketones is 2. The Morgan fingerprint density at radius 3 is 1.93 bits per heavy atom. The Kier molecular flexibility index (Phi) is 11.2. The summed E-state index contributed by atoms with van der Waals surface area (Å²) in [4.78, 5) is 67.4. The van der Waals surface area contributed by atoms with E-state index in [2.05, 4.69) is 16.0 Å². The standard InChI is InChI=1S/C42H35N3O8S/c1-24(40(48)44-32-16-10-15-31-36(32)38(47)30-14-9-8-13-29(30)37(31)46)54-28-19-17-27(18-20-28)43-42(50)33(45-41(49)26-11-6-5-7-12-26)21-25-22-34(51-2)39(53-4)35(23-25)52-3/h5-24H,1-4H3,(H,43,50)(H,44,48)(H,45,49)/b33-21-. The number of benzene rings is 5. The summed E-state index contributed by atoms with van der Waals surface area (Å²) in [6.07, 6.45) is 1.50. The van der Waals surface area contributed by atoms with Crippen molar-refractivity contribution >= 4 is 58.5 Å². The van der Waals surface area contributed by atoms with Crippen LogP contribution in [-0.2, 0) is 9.59 Å².